The molecule has 0 rings (SSSR count). The normalized spacial score (nSPS) is 14.4. The molecule has 0 saturated heterocycles. The van der Waals surface area contributed by atoms with Gasteiger partial charge in [-0.2, -0.15) is 0 Å². The van der Waals surface area contributed by atoms with E-state index in [1.807, 2.05) is 0 Å². The van der Waals surface area contributed by atoms with E-state index in [-0.39, 0.29) is 12.1 Å². The van der Waals surface area contributed by atoms with Crippen LogP contribution in [0.5, 0.6) is 0 Å². The maximum atomic E-state index is 9.14. The minimum Gasteiger partial charge on any atom is -0.394 e. The minimum absolute atomic E-state index is 0.142. The smallest absolute Gasteiger partial charge is 0.0783 e. The zero-order valence-corrected chi connectivity index (χ0v) is 9.71. The Labute approximate surface area is 87.5 Å². The summed E-state index contributed by atoms with van der Waals surface area (Å²) < 4.78 is 0. The summed E-state index contributed by atoms with van der Waals surface area (Å²) in [6, 6.07) is 0. The van der Waals surface area contributed by atoms with Gasteiger partial charge in [-0.15, -0.1) is 0 Å². The van der Waals surface area contributed by atoms with Crippen LogP contribution in [0.1, 0.15) is 46.5 Å². The molecule has 14 heavy (non-hydrogen) atoms. The first-order valence-electron chi connectivity index (χ1n) is 5.56. The van der Waals surface area contributed by atoms with Crippen LogP contribution in [0.2, 0.25) is 0 Å². The molecule has 0 aliphatic carbocycles. The minimum atomic E-state index is -0.579. The highest BCUT2D eigenvalue weighted by Crippen LogP contribution is 2.12. The molecule has 86 valence electrons. The number of hydrogen-bond donors (Lipinski definition) is 3. The van der Waals surface area contributed by atoms with Crippen molar-refractivity contribution in [3.8, 4) is 0 Å². The average molecular weight is 203 g/mol. The molecule has 0 heterocycles. The topological polar surface area (TPSA) is 52.5 Å². The van der Waals surface area contributed by atoms with Crippen molar-refractivity contribution in [3.05, 3.63) is 0 Å². The predicted octanol–water partition coefficient (Wildman–Crippen LogP) is 1.29. The van der Waals surface area contributed by atoms with Gasteiger partial charge >= 0.3 is 0 Å². The van der Waals surface area contributed by atoms with Gasteiger partial charge in [-0.3, -0.25) is 0 Å². The lowest BCUT2D eigenvalue weighted by atomic mass is 9.97. The Bertz CT molecular complexity index is 137. The van der Waals surface area contributed by atoms with Gasteiger partial charge in [-0.05, 0) is 33.2 Å². The second-order valence-electron chi connectivity index (χ2n) is 4.54. The summed E-state index contributed by atoms with van der Waals surface area (Å²) in [5.41, 5.74) is 0.144. The van der Waals surface area contributed by atoms with E-state index in [0.29, 0.717) is 6.42 Å². The highest BCUT2D eigenvalue weighted by atomic mass is 16.3. The van der Waals surface area contributed by atoms with E-state index in [0.717, 1.165) is 13.0 Å². The molecule has 0 radical (unpaired) electrons. The van der Waals surface area contributed by atoms with Crippen molar-refractivity contribution in [2.45, 2.75) is 58.1 Å². The van der Waals surface area contributed by atoms with Crippen LogP contribution in [0.3, 0.4) is 0 Å². The van der Waals surface area contributed by atoms with Crippen LogP contribution in [0.25, 0.3) is 0 Å². The van der Waals surface area contributed by atoms with Gasteiger partial charge < -0.3 is 15.5 Å². The fraction of sp³-hybridized carbons (Fsp3) is 1.00. The second-order valence-corrected chi connectivity index (χ2v) is 4.54. The molecule has 0 aromatic rings. The van der Waals surface area contributed by atoms with Gasteiger partial charge in [-0.25, -0.2) is 0 Å². The van der Waals surface area contributed by atoms with Crippen molar-refractivity contribution in [1.82, 2.24) is 5.32 Å². The van der Waals surface area contributed by atoms with Crippen molar-refractivity contribution in [2.75, 3.05) is 13.2 Å². The summed E-state index contributed by atoms with van der Waals surface area (Å²) in [7, 11) is 0. The quantitative estimate of drug-likeness (QED) is 0.557. The van der Waals surface area contributed by atoms with E-state index < -0.39 is 6.10 Å². The highest BCUT2D eigenvalue weighted by Gasteiger charge is 2.15. The van der Waals surface area contributed by atoms with Crippen LogP contribution < -0.4 is 5.32 Å². The summed E-state index contributed by atoms with van der Waals surface area (Å²) in [6.45, 7) is 7.16. The number of rotatable bonds is 8. The summed E-state index contributed by atoms with van der Waals surface area (Å²) >= 11 is 0. The monoisotopic (exact) mass is 203 g/mol. The summed E-state index contributed by atoms with van der Waals surface area (Å²) in [5, 5.41) is 21.2. The number of aliphatic hydroxyl groups excluding tert-OH is 2. The number of unbranched alkanes of at least 4 members (excludes halogenated alkanes) is 1. The van der Waals surface area contributed by atoms with E-state index in [1.54, 1.807) is 0 Å². The van der Waals surface area contributed by atoms with E-state index in [2.05, 4.69) is 26.1 Å². The molecule has 0 amide bonds. The Hall–Kier alpha value is -0.120. The lowest BCUT2D eigenvalue weighted by Crippen LogP contribution is -2.40. The van der Waals surface area contributed by atoms with E-state index >= 15 is 0 Å². The SMILES string of the molecule is CCCCC(C)(C)NCCC(O)CO. The molecule has 0 aliphatic rings. The molecule has 1 unspecified atom stereocenters. The van der Waals surface area contributed by atoms with Crippen LogP contribution >= 0.6 is 0 Å². The van der Waals surface area contributed by atoms with E-state index in [1.165, 1.54) is 12.8 Å². The molecule has 0 saturated carbocycles. The Kier molecular flexibility index (Phi) is 7.15. The van der Waals surface area contributed by atoms with Gasteiger partial charge in [0.15, 0.2) is 0 Å². The van der Waals surface area contributed by atoms with Gasteiger partial charge in [0.25, 0.3) is 0 Å². The van der Waals surface area contributed by atoms with Gasteiger partial charge in [0.2, 0.25) is 0 Å². The van der Waals surface area contributed by atoms with Crippen molar-refractivity contribution in [1.29, 1.82) is 0 Å². The molecular weight excluding hydrogens is 178 g/mol. The number of hydrogen-bond acceptors (Lipinski definition) is 3. The van der Waals surface area contributed by atoms with Crippen LogP contribution in [-0.4, -0.2) is 35.0 Å². The average Bonchev–Trinajstić information content (AvgIpc) is 2.14. The standard InChI is InChI=1S/C11H25NO2/c1-4-5-7-11(2,3)12-8-6-10(14)9-13/h10,12-14H,4-9H2,1-3H3. The largest absolute Gasteiger partial charge is 0.394 e. The van der Waals surface area contributed by atoms with Gasteiger partial charge in [0, 0.05) is 5.54 Å². The van der Waals surface area contributed by atoms with Crippen LogP contribution in [0, 0.1) is 0 Å². The molecular formula is C11H25NO2. The van der Waals surface area contributed by atoms with Crippen LogP contribution in [0.4, 0.5) is 0 Å². The maximum absolute atomic E-state index is 9.14. The van der Waals surface area contributed by atoms with Gasteiger partial charge in [0.1, 0.15) is 0 Å². The molecule has 0 spiro atoms. The van der Waals surface area contributed by atoms with Crippen LogP contribution in [-0.2, 0) is 0 Å². The van der Waals surface area contributed by atoms with Gasteiger partial charge in [0.05, 0.1) is 12.7 Å². The lowest BCUT2D eigenvalue weighted by molar-refractivity contribution is 0.0863. The van der Waals surface area contributed by atoms with Crippen LogP contribution in [0.15, 0.2) is 0 Å². The Balaban J connectivity index is 3.54. The summed E-state index contributed by atoms with van der Waals surface area (Å²) in [5.74, 6) is 0. The Morgan fingerprint density at radius 2 is 2.00 bits per heavy atom. The molecule has 3 nitrogen and oxygen atoms in total. The summed E-state index contributed by atoms with van der Waals surface area (Å²) in [6.07, 6.45) is 3.63. The maximum Gasteiger partial charge on any atom is 0.0783 e. The number of aliphatic hydroxyl groups is 2. The number of nitrogens with one attached hydrogen (secondary N) is 1. The fourth-order valence-corrected chi connectivity index (χ4v) is 1.38. The van der Waals surface area contributed by atoms with Gasteiger partial charge in [-0.1, -0.05) is 19.8 Å². The molecule has 1 atom stereocenters. The Morgan fingerprint density at radius 1 is 1.36 bits per heavy atom. The molecule has 3 N–H and O–H groups in total. The third kappa shape index (κ3) is 7.30. The van der Waals surface area contributed by atoms with E-state index in [9.17, 15) is 0 Å². The zero-order chi connectivity index (χ0) is 11.0. The van der Waals surface area contributed by atoms with Crippen molar-refractivity contribution in [3.63, 3.8) is 0 Å². The summed E-state index contributed by atoms with van der Waals surface area (Å²) in [4.78, 5) is 0. The fourth-order valence-electron chi connectivity index (χ4n) is 1.38. The molecule has 3 heteroatoms. The molecule has 0 aliphatic heterocycles. The van der Waals surface area contributed by atoms with Crippen molar-refractivity contribution in [2.24, 2.45) is 0 Å². The molecule has 0 aromatic carbocycles. The van der Waals surface area contributed by atoms with Crippen molar-refractivity contribution < 1.29 is 10.2 Å². The van der Waals surface area contributed by atoms with Crippen molar-refractivity contribution >= 4 is 0 Å². The first-order chi connectivity index (χ1) is 6.52. The predicted molar refractivity (Wildman–Crippen MR) is 59.3 cm³/mol. The zero-order valence-electron chi connectivity index (χ0n) is 9.71. The first-order valence-corrected chi connectivity index (χ1v) is 5.56. The molecule has 0 aromatic heterocycles. The highest BCUT2D eigenvalue weighted by molar-refractivity contribution is 4.77. The Morgan fingerprint density at radius 3 is 2.50 bits per heavy atom. The lowest BCUT2D eigenvalue weighted by Gasteiger charge is -2.26. The van der Waals surface area contributed by atoms with E-state index in [4.69, 9.17) is 10.2 Å². The third-order valence-electron chi connectivity index (χ3n) is 2.45. The molecule has 0 bridgehead atoms. The third-order valence-corrected chi connectivity index (χ3v) is 2.45. The molecule has 0 fully saturated rings. The first kappa shape index (κ1) is 13.9. The second kappa shape index (κ2) is 7.21.